The molecule has 0 radical (unpaired) electrons. The van der Waals surface area contributed by atoms with Crippen molar-refractivity contribution in [2.45, 2.75) is 20.4 Å². The first-order chi connectivity index (χ1) is 9.21. The van der Waals surface area contributed by atoms with E-state index in [4.69, 9.17) is 5.11 Å². The number of benzene rings is 1. The van der Waals surface area contributed by atoms with Crippen LogP contribution in [-0.2, 0) is 6.54 Å². The van der Waals surface area contributed by atoms with Crippen molar-refractivity contribution in [2.75, 3.05) is 19.7 Å². The van der Waals surface area contributed by atoms with Gasteiger partial charge in [-0.05, 0) is 31.5 Å². The highest BCUT2D eigenvalue weighted by atomic mass is 16.2. The van der Waals surface area contributed by atoms with Crippen molar-refractivity contribution in [1.29, 1.82) is 0 Å². The number of amides is 2. The van der Waals surface area contributed by atoms with Crippen molar-refractivity contribution in [3.8, 4) is 11.8 Å². The molecule has 0 aromatic heterocycles. The highest BCUT2D eigenvalue weighted by molar-refractivity contribution is 5.74. The van der Waals surface area contributed by atoms with E-state index in [1.807, 2.05) is 38.1 Å². The van der Waals surface area contributed by atoms with Crippen LogP contribution in [0.3, 0.4) is 0 Å². The lowest BCUT2D eigenvalue weighted by molar-refractivity contribution is 0.203. The summed E-state index contributed by atoms with van der Waals surface area (Å²) in [5.74, 6) is 5.45. The first-order valence-electron chi connectivity index (χ1n) is 6.42. The molecule has 0 bridgehead atoms. The zero-order valence-corrected chi connectivity index (χ0v) is 11.4. The molecule has 4 nitrogen and oxygen atoms in total. The van der Waals surface area contributed by atoms with Gasteiger partial charge in [-0.3, -0.25) is 0 Å². The molecular formula is C15H20N2O2. The highest BCUT2D eigenvalue weighted by Gasteiger charge is 2.07. The largest absolute Gasteiger partial charge is 0.384 e. The smallest absolute Gasteiger partial charge is 0.317 e. The molecule has 4 heteroatoms. The molecule has 0 fully saturated rings. The summed E-state index contributed by atoms with van der Waals surface area (Å²) in [5.41, 5.74) is 1.83. The lowest BCUT2D eigenvalue weighted by atomic mass is 10.1. The molecule has 102 valence electrons. The molecule has 0 heterocycles. The second-order valence-corrected chi connectivity index (χ2v) is 3.99. The summed E-state index contributed by atoms with van der Waals surface area (Å²) >= 11 is 0. The zero-order valence-electron chi connectivity index (χ0n) is 11.4. The van der Waals surface area contributed by atoms with Gasteiger partial charge in [-0.25, -0.2) is 4.79 Å². The van der Waals surface area contributed by atoms with E-state index in [1.165, 1.54) is 0 Å². The third kappa shape index (κ3) is 5.02. The Balaban J connectivity index is 2.60. The number of rotatable bonds is 4. The van der Waals surface area contributed by atoms with Crippen LogP contribution in [0.25, 0.3) is 0 Å². The summed E-state index contributed by atoms with van der Waals surface area (Å²) in [6, 6.07) is 7.55. The van der Waals surface area contributed by atoms with E-state index in [0.29, 0.717) is 19.6 Å². The fraction of sp³-hybridized carbons (Fsp3) is 0.400. The monoisotopic (exact) mass is 260 g/mol. The molecule has 1 aromatic rings. The third-order valence-electron chi connectivity index (χ3n) is 2.73. The number of aliphatic hydroxyl groups excluding tert-OH is 1. The number of hydrogen-bond acceptors (Lipinski definition) is 2. The second-order valence-electron chi connectivity index (χ2n) is 3.99. The molecule has 0 aliphatic carbocycles. The molecular weight excluding hydrogens is 240 g/mol. The maximum Gasteiger partial charge on any atom is 0.317 e. The second kappa shape index (κ2) is 8.17. The standard InChI is InChI=1S/C15H20N2O2/c1-3-17(4-2)15(19)16-12-14-8-5-7-13(11-14)9-6-10-18/h5,7-8,11,18H,3-4,10,12H2,1-2H3,(H,16,19). The fourth-order valence-electron chi connectivity index (χ4n) is 1.70. The minimum atomic E-state index is -0.150. The number of nitrogens with one attached hydrogen (secondary N) is 1. The summed E-state index contributed by atoms with van der Waals surface area (Å²) in [5, 5.41) is 11.5. The van der Waals surface area contributed by atoms with Crippen LogP contribution in [-0.4, -0.2) is 35.7 Å². The van der Waals surface area contributed by atoms with Crippen molar-refractivity contribution in [2.24, 2.45) is 0 Å². The van der Waals surface area contributed by atoms with Crippen LogP contribution in [0.2, 0.25) is 0 Å². The first-order valence-corrected chi connectivity index (χ1v) is 6.42. The van der Waals surface area contributed by atoms with Gasteiger partial charge in [-0.15, -0.1) is 0 Å². The zero-order chi connectivity index (χ0) is 14.1. The minimum absolute atomic E-state index is 0.0585. The average molecular weight is 260 g/mol. The van der Waals surface area contributed by atoms with Gasteiger partial charge in [0.15, 0.2) is 0 Å². The molecule has 0 spiro atoms. The van der Waals surface area contributed by atoms with Gasteiger partial charge in [-0.2, -0.15) is 0 Å². The van der Waals surface area contributed by atoms with Crippen LogP contribution >= 0.6 is 0 Å². The third-order valence-corrected chi connectivity index (χ3v) is 2.73. The van der Waals surface area contributed by atoms with Crippen molar-refractivity contribution < 1.29 is 9.90 Å². The Morgan fingerprint density at radius 2 is 2.11 bits per heavy atom. The van der Waals surface area contributed by atoms with Crippen LogP contribution in [0.15, 0.2) is 24.3 Å². The molecule has 0 aliphatic rings. The number of aliphatic hydroxyl groups is 1. The maximum absolute atomic E-state index is 11.8. The molecule has 0 saturated carbocycles. The lowest BCUT2D eigenvalue weighted by Gasteiger charge is -2.19. The summed E-state index contributed by atoms with van der Waals surface area (Å²) in [6.07, 6.45) is 0. The van der Waals surface area contributed by atoms with Crippen LogP contribution in [0.4, 0.5) is 4.79 Å². The van der Waals surface area contributed by atoms with E-state index in [9.17, 15) is 4.79 Å². The predicted molar refractivity (Wildman–Crippen MR) is 75.6 cm³/mol. The van der Waals surface area contributed by atoms with Crippen molar-refractivity contribution in [3.63, 3.8) is 0 Å². The van der Waals surface area contributed by atoms with Gasteiger partial charge in [-0.1, -0.05) is 24.0 Å². The molecule has 19 heavy (non-hydrogen) atoms. The summed E-state index contributed by atoms with van der Waals surface area (Å²) in [6.45, 7) is 5.63. The Bertz CT molecular complexity index is 471. The van der Waals surface area contributed by atoms with Crippen molar-refractivity contribution >= 4 is 6.03 Å². The Kier molecular flexibility index (Phi) is 6.48. The topological polar surface area (TPSA) is 52.6 Å². The Morgan fingerprint density at radius 1 is 1.37 bits per heavy atom. The van der Waals surface area contributed by atoms with E-state index in [0.717, 1.165) is 11.1 Å². The summed E-state index contributed by atoms with van der Waals surface area (Å²) in [4.78, 5) is 13.5. The van der Waals surface area contributed by atoms with E-state index >= 15 is 0 Å². The molecule has 0 saturated heterocycles. The number of urea groups is 1. The van der Waals surface area contributed by atoms with Gasteiger partial charge >= 0.3 is 6.03 Å². The Hall–Kier alpha value is -1.99. The molecule has 1 aromatic carbocycles. The molecule has 0 unspecified atom stereocenters. The number of carbonyl (C=O) groups is 1. The lowest BCUT2D eigenvalue weighted by Crippen LogP contribution is -2.39. The Morgan fingerprint density at radius 3 is 2.74 bits per heavy atom. The summed E-state index contributed by atoms with van der Waals surface area (Å²) in [7, 11) is 0. The number of carbonyl (C=O) groups excluding carboxylic acids is 1. The van der Waals surface area contributed by atoms with E-state index in [2.05, 4.69) is 17.2 Å². The molecule has 2 N–H and O–H groups in total. The van der Waals surface area contributed by atoms with Crippen LogP contribution in [0, 0.1) is 11.8 Å². The van der Waals surface area contributed by atoms with Crippen molar-refractivity contribution in [1.82, 2.24) is 10.2 Å². The van der Waals surface area contributed by atoms with Gasteiger partial charge in [0, 0.05) is 25.2 Å². The quantitative estimate of drug-likeness (QED) is 0.808. The summed E-state index contributed by atoms with van der Waals surface area (Å²) < 4.78 is 0. The fourth-order valence-corrected chi connectivity index (χ4v) is 1.70. The van der Waals surface area contributed by atoms with Crippen LogP contribution in [0.5, 0.6) is 0 Å². The molecule has 1 rings (SSSR count). The van der Waals surface area contributed by atoms with Gasteiger partial charge < -0.3 is 15.3 Å². The average Bonchev–Trinajstić information content (AvgIpc) is 2.44. The minimum Gasteiger partial charge on any atom is -0.384 e. The first kappa shape index (κ1) is 15.1. The number of hydrogen-bond donors (Lipinski definition) is 2. The normalized spacial score (nSPS) is 9.42. The van der Waals surface area contributed by atoms with E-state index in [-0.39, 0.29) is 12.6 Å². The Labute approximate surface area is 114 Å². The van der Waals surface area contributed by atoms with E-state index < -0.39 is 0 Å². The number of nitrogens with zero attached hydrogens (tertiary/aromatic N) is 1. The van der Waals surface area contributed by atoms with Gasteiger partial charge in [0.2, 0.25) is 0 Å². The maximum atomic E-state index is 11.8. The molecule has 0 atom stereocenters. The molecule has 2 amide bonds. The van der Waals surface area contributed by atoms with Gasteiger partial charge in [0.05, 0.1) is 0 Å². The van der Waals surface area contributed by atoms with Gasteiger partial charge in [0.25, 0.3) is 0 Å². The SMILES string of the molecule is CCN(CC)C(=O)NCc1cccc(C#CCO)c1. The van der Waals surface area contributed by atoms with Crippen molar-refractivity contribution in [3.05, 3.63) is 35.4 Å². The highest BCUT2D eigenvalue weighted by Crippen LogP contribution is 2.04. The van der Waals surface area contributed by atoms with Crippen LogP contribution < -0.4 is 5.32 Å². The predicted octanol–water partition coefficient (Wildman–Crippen LogP) is 1.58. The van der Waals surface area contributed by atoms with Crippen LogP contribution in [0.1, 0.15) is 25.0 Å². The molecule has 0 aliphatic heterocycles. The van der Waals surface area contributed by atoms with E-state index in [1.54, 1.807) is 4.90 Å². The van der Waals surface area contributed by atoms with Gasteiger partial charge in [0.1, 0.15) is 6.61 Å².